The van der Waals surface area contributed by atoms with Gasteiger partial charge in [0.1, 0.15) is 6.04 Å². The summed E-state index contributed by atoms with van der Waals surface area (Å²) in [4.78, 5) is 38.2. The van der Waals surface area contributed by atoms with E-state index in [9.17, 15) is 19.5 Å². The number of halogens is 1. The van der Waals surface area contributed by atoms with E-state index in [0.717, 1.165) is 5.56 Å². The molecule has 27 heavy (non-hydrogen) atoms. The van der Waals surface area contributed by atoms with E-state index in [0.29, 0.717) is 30.8 Å². The third-order valence-electron chi connectivity index (χ3n) is 4.53. The van der Waals surface area contributed by atoms with Crippen LogP contribution in [0.25, 0.3) is 0 Å². The second-order valence-corrected chi connectivity index (χ2v) is 6.84. The summed E-state index contributed by atoms with van der Waals surface area (Å²) >= 11 is 5.94. The van der Waals surface area contributed by atoms with E-state index >= 15 is 0 Å². The van der Waals surface area contributed by atoms with E-state index in [-0.39, 0.29) is 17.2 Å². The predicted molar refractivity (Wildman–Crippen MR) is 102 cm³/mol. The van der Waals surface area contributed by atoms with Gasteiger partial charge in [-0.2, -0.15) is 0 Å². The first-order valence-corrected chi connectivity index (χ1v) is 9.00. The van der Waals surface area contributed by atoms with E-state index in [1.807, 2.05) is 30.3 Å². The van der Waals surface area contributed by atoms with Crippen molar-refractivity contribution in [1.29, 1.82) is 0 Å². The summed E-state index contributed by atoms with van der Waals surface area (Å²) in [6.45, 7) is 0.332. The van der Waals surface area contributed by atoms with Crippen LogP contribution in [0.2, 0.25) is 5.02 Å². The van der Waals surface area contributed by atoms with E-state index in [1.165, 1.54) is 18.2 Å². The number of piperidine rings is 1. The van der Waals surface area contributed by atoms with Gasteiger partial charge in [0.25, 0.3) is 0 Å². The standard InChI is InChI=1S/C20H19ClN2O4/c21-14-9-10-15(20(26)27)16(11-14)22-19(25)17-7-4-8-18(24)23(17)12-13-5-2-1-3-6-13/h1-3,5-6,9-11,17H,4,7-8,12H2,(H,22,25)(H,26,27). The molecule has 2 amide bonds. The number of likely N-dealkylation sites (tertiary alicyclic amines) is 1. The Hall–Kier alpha value is -2.86. The molecule has 1 saturated heterocycles. The lowest BCUT2D eigenvalue weighted by Crippen LogP contribution is -2.49. The quantitative estimate of drug-likeness (QED) is 0.822. The minimum atomic E-state index is -1.16. The van der Waals surface area contributed by atoms with Crippen molar-refractivity contribution in [3.8, 4) is 0 Å². The molecule has 7 heteroatoms. The highest BCUT2D eigenvalue weighted by atomic mass is 35.5. The number of carboxylic acid groups (broad SMARTS) is 1. The van der Waals surface area contributed by atoms with Crippen molar-refractivity contribution in [2.24, 2.45) is 0 Å². The lowest BCUT2D eigenvalue weighted by molar-refractivity contribution is -0.142. The summed E-state index contributed by atoms with van der Waals surface area (Å²) in [6.07, 6.45) is 1.53. The Balaban J connectivity index is 1.82. The van der Waals surface area contributed by atoms with Gasteiger partial charge in [0.05, 0.1) is 11.3 Å². The fourth-order valence-electron chi connectivity index (χ4n) is 3.19. The number of benzene rings is 2. The van der Waals surface area contributed by atoms with Crippen LogP contribution in [-0.4, -0.2) is 33.8 Å². The fraction of sp³-hybridized carbons (Fsp3) is 0.250. The van der Waals surface area contributed by atoms with E-state index in [2.05, 4.69) is 5.32 Å². The monoisotopic (exact) mass is 386 g/mol. The Morgan fingerprint density at radius 1 is 1.19 bits per heavy atom. The van der Waals surface area contributed by atoms with Crippen LogP contribution in [-0.2, 0) is 16.1 Å². The summed E-state index contributed by atoms with van der Waals surface area (Å²) in [5.74, 6) is -1.67. The molecule has 6 nitrogen and oxygen atoms in total. The highest BCUT2D eigenvalue weighted by Gasteiger charge is 2.33. The van der Waals surface area contributed by atoms with Crippen LogP contribution in [0, 0.1) is 0 Å². The zero-order valence-corrected chi connectivity index (χ0v) is 15.3. The Kier molecular flexibility index (Phi) is 5.76. The second kappa shape index (κ2) is 8.22. The van der Waals surface area contributed by atoms with Crippen LogP contribution in [0.1, 0.15) is 35.2 Å². The van der Waals surface area contributed by atoms with Crippen LogP contribution < -0.4 is 5.32 Å². The summed E-state index contributed by atoms with van der Waals surface area (Å²) in [5, 5.41) is 12.3. The third kappa shape index (κ3) is 4.46. The number of hydrogen-bond donors (Lipinski definition) is 2. The molecule has 0 aromatic heterocycles. The van der Waals surface area contributed by atoms with Crippen LogP contribution in [0.3, 0.4) is 0 Å². The first-order chi connectivity index (χ1) is 13.0. The molecule has 1 heterocycles. The topological polar surface area (TPSA) is 86.7 Å². The van der Waals surface area contributed by atoms with Crippen LogP contribution in [0.15, 0.2) is 48.5 Å². The fourth-order valence-corrected chi connectivity index (χ4v) is 3.37. The molecule has 0 bridgehead atoms. The largest absolute Gasteiger partial charge is 0.478 e. The highest BCUT2D eigenvalue weighted by molar-refractivity contribution is 6.31. The van der Waals surface area contributed by atoms with E-state index in [1.54, 1.807) is 4.90 Å². The molecule has 0 aliphatic carbocycles. The first kappa shape index (κ1) is 18.9. The molecule has 0 saturated carbocycles. The summed E-state index contributed by atoms with van der Waals surface area (Å²) in [7, 11) is 0. The predicted octanol–water partition coefficient (Wildman–Crippen LogP) is 3.56. The lowest BCUT2D eigenvalue weighted by Gasteiger charge is -2.34. The van der Waals surface area contributed by atoms with Crippen molar-refractivity contribution in [2.75, 3.05) is 5.32 Å². The van der Waals surface area contributed by atoms with Gasteiger partial charge in [-0.25, -0.2) is 4.79 Å². The number of amides is 2. The third-order valence-corrected chi connectivity index (χ3v) is 4.77. The molecule has 2 N–H and O–H groups in total. The Labute approximate surface area is 161 Å². The van der Waals surface area contributed by atoms with Crippen molar-refractivity contribution >= 4 is 35.1 Å². The van der Waals surface area contributed by atoms with Crippen molar-refractivity contribution in [1.82, 2.24) is 4.90 Å². The number of anilines is 1. The van der Waals surface area contributed by atoms with Crippen LogP contribution in [0.5, 0.6) is 0 Å². The van der Waals surface area contributed by atoms with Gasteiger partial charge in [-0.3, -0.25) is 9.59 Å². The molecule has 1 atom stereocenters. The highest BCUT2D eigenvalue weighted by Crippen LogP contribution is 2.25. The van der Waals surface area contributed by atoms with Gasteiger partial charge >= 0.3 is 5.97 Å². The van der Waals surface area contributed by atoms with Crippen molar-refractivity contribution in [3.05, 3.63) is 64.7 Å². The average Bonchev–Trinajstić information content (AvgIpc) is 2.64. The molecular formula is C20H19ClN2O4. The SMILES string of the molecule is O=C(O)c1ccc(Cl)cc1NC(=O)C1CCCC(=O)N1Cc1ccccc1. The van der Waals surface area contributed by atoms with Gasteiger partial charge in [0.2, 0.25) is 11.8 Å². The normalized spacial score (nSPS) is 16.9. The van der Waals surface area contributed by atoms with Crippen LogP contribution in [0.4, 0.5) is 5.69 Å². The zero-order valence-electron chi connectivity index (χ0n) is 14.5. The molecule has 3 rings (SSSR count). The number of carboxylic acids is 1. The number of carbonyl (C=O) groups is 3. The number of carbonyl (C=O) groups excluding carboxylic acids is 2. The van der Waals surface area contributed by atoms with E-state index in [4.69, 9.17) is 11.6 Å². The van der Waals surface area contributed by atoms with Gasteiger partial charge in [-0.15, -0.1) is 0 Å². The minimum absolute atomic E-state index is 0.0514. The number of nitrogens with one attached hydrogen (secondary N) is 1. The number of hydrogen-bond acceptors (Lipinski definition) is 3. The Morgan fingerprint density at radius 3 is 2.63 bits per heavy atom. The molecule has 140 valence electrons. The van der Waals surface area contributed by atoms with E-state index < -0.39 is 17.9 Å². The molecular weight excluding hydrogens is 368 g/mol. The Morgan fingerprint density at radius 2 is 1.93 bits per heavy atom. The molecule has 2 aromatic rings. The smallest absolute Gasteiger partial charge is 0.337 e. The summed E-state index contributed by atoms with van der Waals surface area (Å²) < 4.78 is 0. The first-order valence-electron chi connectivity index (χ1n) is 8.63. The molecule has 0 spiro atoms. The average molecular weight is 387 g/mol. The maximum absolute atomic E-state index is 12.9. The number of aromatic carboxylic acids is 1. The minimum Gasteiger partial charge on any atom is -0.478 e. The maximum Gasteiger partial charge on any atom is 0.337 e. The van der Waals surface area contributed by atoms with Gasteiger partial charge < -0.3 is 15.3 Å². The number of nitrogens with zero attached hydrogens (tertiary/aromatic N) is 1. The van der Waals surface area contributed by atoms with Crippen molar-refractivity contribution < 1.29 is 19.5 Å². The van der Waals surface area contributed by atoms with Gasteiger partial charge in [-0.1, -0.05) is 41.9 Å². The van der Waals surface area contributed by atoms with Crippen LogP contribution >= 0.6 is 11.6 Å². The molecule has 2 aromatic carbocycles. The summed E-state index contributed by atoms with van der Waals surface area (Å²) in [6, 6.07) is 13.0. The van der Waals surface area contributed by atoms with Gasteiger partial charge in [0.15, 0.2) is 0 Å². The molecule has 1 unspecified atom stereocenters. The van der Waals surface area contributed by atoms with Crippen molar-refractivity contribution in [3.63, 3.8) is 0 Å². The van der Waals surface area contributed by atoms with Gasteiger partial charge in [-0.05, 0) is 36.6 Å². The molecule has 0 radical (unpaired) electrons. The zero-order chi connectivity index (χ0) is 19.4. The van der Waals surface area contributed by atoms with Gasteiger partial charge in [0, 0.05) is 18.0 Å². The maximum atomic E-state index is 12.9. The summed E-state index contributed by atoms with van der Waals surface area (Å²) in [5.41, 5.74) is 1.00. The number of rotatable bonds is 5. The second-order valence-electron chi connectivity index (χ2n) is 6.40. The van der Waals surface area contributed by atoms with Crippen molar-refractivity contribution in [2.45, 2.75) is 31.8 Å². The molecule has 1 aliphatic rings. The lowest BCUT2D eigenvalue weighted by atomic mass is 9.99. The molecule has 1 aliphatic heterocycles. The molecule has 1 fully saturated rings. The Bertz CT molecular complexity index is 870.